The van der Waals surface area contributed by atoms with Crippen LogP contribution in [0, 0.1) is 5.82 Å². The second-order valence-corrected chi connectivity index (χ2v) is 5.55. The van der Waals surface area contributed by atoms with Crippen molar-refractivity contribution in [2.45, 2.75) is 19.3 Å². The molecule has 1 amide bonds. The third-order valence-electron chi connectivity index (χ3n) is 3.58. The second kappa shape index (κ2) is 9.42. The molecule has 0 aliphatic carbocycles. The lowest BCUT2D eigenvalue weighted by Gasteiger charge is -2.07. The predicted octanol–water partition coefficient (Wildman–Crippen LogP) is 2.58. The molecule has 0 radical (unpaired) electrons. The number of rotatable bonds is 9. The number of carboxylic acids is 1. The lowest BCUT2D eigenvalue weighted by molar-refractivity contribution is -0.139. The van der Waals surface area contributed by atoms with Gasteiger partial charge in [0.15, 0.2) is 6.61 Å². The molecule has 0 aliphatic rings. The van der Waals surface area contributed by atoms with Gasteiger partial charge in [-0.2, -0.15) is 0 Å². The van der Waals surface area contributed by atoms with Crippen LogP contribution in [0.4, 0.5) is 4.39 Å². The van der Waals surface area contributed by atoms with Crippen LogP contribution in [0.1, 0.15) is 17.5 Å². The van der Waals surface area contributed by atoms with Gasteiger partial charge in [-0.25, -0.2) is 9.18 Å². The fourth-order valence-electron chi connectivity index (χ4n) is 2.24. The van der Waals surface area contributed by atoms with Crippen LogP contribution in [0.3, 0.4) is 0 Å². The van der Waals surface area contributed by atoms with Crippen molar-refractivity contribution < 1.29 is 23.8 Å². The van der Waals surface area contributed by atoms with Crippen molar-refractivity contribution >= 4 is 11.9 Å². The number of ether oxygens (including phenoxy) is 1. The van der Waals surface area contributed by atoms with E-state index in [0.717, 1.165) is 11.1 Å². The summed E-state index contributed by atoms with van der Waals surface area (Å²) in [6.07, 6.45) is 1.59. The van der Waals surface area contributed by atoms with E-state index in [1.54, 1.807) is 24.3 Å². The molecule has 6 heteroatoms. The molecule has 0 unspecified atom stereocenters. The van der Waals surface area contributed by atoms with Gasteiger partial charge >= 0.3 is 5.97 Å². The number of hydrogen-bond acceptors (Lipinski definition) is 3. The topological polar surface area (TPSA) is 75.6 Å². The van der Waals surface area contributed by atoms with Crippen molar-refractivity contribution in [3.63, 3.8) is 0 Å². The van der Waals surface area contributed by atoms with Gasteiger partial charge in [-0.05, 0) is 48.2 Å². The summed E-state index contributed by atoms with van der Waals surface area (Å²) in [7, 11) is 0. The minimum atomic E-state index is -1.02. The number of carbonyl (C=O) groups is 2. The first-order valence-electron chi connectivity index (χ1n) is 7.97. The van der Waals surface area contributed by atoms with E-state index in [9.17, 15) is 14.0 Å². The maximum Gasteiger partial charge on any atom is 0.341 e. The molecule has 0 heterocycles. The first-order valence-corrected chi connectivity index (χ1v) is 7.97. The zero-order chi connectivity index (χ0) is 18.1. The largest absolute Gasteiger partial charge is 0.482 e. The van der Waals surface area contributed by atoms with Gasteiger partial charge in [-0.3, -0.25) is 4.79 Å². The molecule has 25 heavy (non-hydrogen) atoms. The zero-order valence-electron chi connectivity index (χ0n) is 13.7. The fraction of sp³-hybridized carbons (Fsp3) is 0.263. The van der Waals surface area contributed by atoms with Crippen LogP contribution >= 0.6 is 0 Å². The van der Waals surface area contributed by atoms with E-state index < -0.39 is 5.97 Å². The molecule has 0 bridgehead atoms. The summed E-state index contributed by atoms with van der Waals surface area (Å²) in [5.41, 5.74) is 1.94. The van der Waals surface area contributed by atoms with Crippen LogP contribution < -0.4 is 10.1 Å². The van der Waals surface area contributed by atoms with Crippen LogP contribution in [0.25, 0.3) is 0 Å². The first-order chi connectivity index (χ1) is 12.0. The molecular weight excluding hydrogens is 325 g/mol. The van der Waals surface area contributed by atoms with Gasteiger partial charge in [0.25, 0.3) is 0 Å². The second-order valence-electron chi connectivity index (χ2n) is 5.55. The van der Waals surface area contributed by atoms with Gasteiger partial charge in [0.05, 0.1) is 0 Å². The van der Waals surface area contributed by atoms with Gasteiger partial charge in [0.1, 0.15) is 11.6 Å². The molecule has 0 fully saturated rings. The average molecular weight is 345 g/mol. The van der Waals surface area contributed by atoms with Crippen LogP contribution in [-0.4, -0.2) is 30.1 Å². The predicted molar refractivity (Wildman–Crippen MR) is 91.0 cm³/mol. The molecule has 132 valence electrons. The molecule has 2 aromatic carbocycles. The summed E-state index contributed by atoms with van der Waals surface area (Å²) in [6, 6.07) is 13.2. The lowest BCUT2D eigenvalue weighted by Crippen LogP contribution is -2.25. The van der Waals surface area contributed by atoms with Gasteiger partial charge in [0, 0.05) is 13.0 Å². The normalized spacial score (nSPS) is 10.3. The third-order valence-corrected chi connectivity index (χ3v) is 3.58. The van der Waals surface area contributed by atoms with E-state index in [0.29, 0.717) is 31.6 Å². The van der Waals surface area contributed by atoms with Crippen molar-refractivity contribution in [3.8, 4) is 5.75 Å². The third kappa shape index (κ3) is 7.03. The number of aryl methyl sites for hydroxylation is 1. The monoisotopic (exact) mass is 345 g/mol. The number of nitrogens with one attached hydrogen (secondary N) is 1. The van der Waals surface area contributed by atoms with E-state index >= 15 is 0 Å². The molecule has 2 N–H and O–H groups in total. The Balaban J connectivity index is 1.66. The molecule has 2 aromatic rings. The Morgan fingerprint density at radius 1 is 0.960 bits per heavy atom. The highest BCUT2D eigenvalue weighted by Crippen LogP contribution is 2.12. The number of amides is 1. The minimum absolute atomic E-state index is 0.0502. The van der Waals surface area contributed by atoms with Crippen LogP contribution in [0.5, 0.6) is 5.75 Å². The quantitative estimate of drug-likeness (QED) is 0.732. The Morgan fingerprint density at radius 3 is 2.20 bits per heavy atom. The number of carboxylic acid groups (broad SMARTS) is 1. The van der Waals surface area contributed by atoms with E-state index in [1.165, 1.54) is 12.1 Å². The maximum atomic E-state index is 12.8. The van der Waals surface area contributed by atoms with Gasteiger partial charge in [0.2, 0.25) is 5.91 Å². The smallest absolute Gasteiger partial charge is 0.341 e. The van der Waals surface area contributed by atoms with Gasteiger partial charge in [-0.15, -0.1) is 0 Å². The molecule has 0 saturated carbocycles. The van der Waals surface area contributed by atoms with Crippen molar-refractivity contribution in [2.75, 3.05) is 13.2 Å². The number of aliphatic carboxylic acids is 1. The zero-order valence-corrected chi connectivity index (χ0v) is 13.7. The lowest BCUT2D eigenvalue weighted by atomic mass is 10.1. The fourth-order valence-corrected chi connectivity index (χ4v) is 2.24. The standard InChI is InChI=1S/C19H20FNO4/c20-16-6-1-14(2-7-16)5-10-18(22)21-12-11-15-3-8-17(9-4-15)25-13-19(23)24/h1-4,6-9H,5,10-13H2,(H,21,22)(H,23,24). The van der Waals surface area contributed by atoms with Gasteiger partial charge < -0.3 is 15.2 Å². The summed E-state index contributed by atoms with van der Waals surface area (Å²) >= 11 is 0. The Kier molecular flexibility index (Phi) is 6.95. The highest BCUT2D eigenvalue weighted by Gasteiger charge is 2.03. The molecule has 0 spiro atoms. The van der Waals surface area contributed by atoms with Crippen LogP contribution in [-0.2, 0) is 22.4 Å². The van der Waals surface area contributed by atoms with Crippen molar-refractivity contribution in [2.24, 2.45) is 0 Å². The Morgan fingerprint density at radius 2 is 1.56 bits per heavy atom. The molecule has 0 aliphatic heterocycles. The highest BCUT2D eigenvalue weighted by molar-refractivity contribution is 5.76. The Hall–Kier alpha value is -2.89. The Bertz CT molecular complexity index is 698. The van der Waals surface area contributed by atoms with Crippen molar-refractivity contribution in [3.05, 3.63) is 65.5 Å². The van der Waals surface area contributed by atoms with Crippen molar-refractivity contribution in [1.29, 1.82) is 0 Å². The molecular formula is C19H20FNO4. The molecule has 0 atom stereocenters. The molecule has 5 nitrogen and oxygen atoms in total. The summed E-state index contributed by atoms with van der Waals surface area (Å²) < 4.78 is 17.9. The molecule has 0 aromatic heterocycles. The summed E-state index contributed by atoms with van der Waals surface area (Å²) in [4.78, 5) is 22.2. The molecule has 2 rings (SSSR count). The average Bonchev–Trinajstić information content (AvgIpc) is 2.60. The summed E-state index contributed by atoms with van der Waals surface area (Å²) in [5.74, 6) is -0.861. The minimum Gasteiger partial charge on any atom is -0.482 e. The number of halogens is 1. The summed E-state index contributed by atoms with van der Waals surface area (Å²) in [6.45, 7) is 0.140. The van der Waals surface area contributed by atoms with Crippen molar-refractivity contribution in [1.82, 2.24) is 5.32 Å². The first kappa shape index (κ1) is 18.4. The molecule has 0 saturated heterocycles. The maximum absolute atomic E-state index is 12.8. The van der Waals surface area contributed by atoms with E-state index in [2.05, 4.69) is 5.32 Å². The number of carbonyl (C=O) groups excluding carboxylic acids is 1. The van der Waals surface area contributed by atoms with E-state index in [-0.39, 0.29) is 18.3 Å². The van der Waals surface area contributed by atoms with Crippen LogP contribution in [0.15, 0.2) is 48.5 Å². The summed E-state index contributed by atoms with van der Waals surface area (Å²) in [5, 5.41) is 11.4. The number of benzene rings is 2. The highest BCUT2D eigenvalue weighted by atomic mass is 19.1. The van der Waals surface area contributed by atoms with E-state index in [1.807, 2.05) is 12.1 Å². The SMILES string of the molecule is O=C(O)COc1ccc(CCNC(=O)CCc2ccc(F)cc2)cc1. The van der Waals surface area contributed by atoms with Gasteiger partial charge in [-0.1, -0.05) is 24.3 Å². The Labute approximate surface area is 145 Å². The van der Waals surface area contributed by atoms with E-state index in [4.69, 9.17) is 9.84 Å². The van der Waals surface area contributed by atoms with Crippen LogP contribution in [0.2, 0.25) is 0 Å². The number of hydrogen-bond donors (Lipinski definition) is 2.